The first-order chi connectivity index (χ1) is 14.1. The summed E-state index contributed by atoms with van der Waals surface area (Å²) in [6.07, 6.45) is 1.94. The van der Waals surface area contributed by atoms with Crippen molar-refractivity contribution in [3.63, 3.8) is 0 Å². The summed E-state index contributed by atoms with van der Waals surface area (Å²) in [4.78, 5) is 26.1. The van der Waals surface area contributed by atoms with Gasteiger partial charge in [0.1, 0.15) is 17.5 Å². The predicted molar refractivity (Wildman–Crippen MR) is 118 cm³/mol. The van der Waals surface area contributed by atoms with Crippen LogP contribution in [-0.2, 0) is 9.53 Å². The Labute approximate surface area is 189 Å². The molecule has 0 saturated carbocycles. The second-order valence-electron chi connectivity index (χ2n) is 9.23. The van der Waals surface area contributed by atoms with E-state index in [1.807, 2.05) is 20.8 Å². The molecule has 3 unspecified atom stereocenters. The molecule has 2 aliphatic rings. The summed E-state index contributed by atoms with van der Waals surface area (Å²) < 4.78 is 18.6. The summed E-state index contributed by atoms with van der Waals surface area (Å²) in [6.45, 7) is 7.76. The number of carbonyl (C=O) groups is 2. The molecule has 0 aliphatic carbocycles. The van der Waals surface area contributed by atoms with E-state index >= 15 is 0 Å². The van der Waals surface area contributed by atoms with Gasteiger partial charge < -0.3 is 20.5 Å². The summed E-state index contributed by atoms with van der Waals surface area (Å²) >= 11 is 0. The molecule has 3 rings (SSSR count). The number of rotatable bonds is 4. The smallest absolute Gasteiger partial charge is 0.407 e. The van der Waals surface area contributed by atoms with Crippen LogP contribution < -0.4 is 10.6 Å². The van der Waals surface area contributed by atoms with Gasteiger partial charge in [0.05, 0.1) is 0 Å². The first-order valence-electron chi connectivity index (χ1n) is 10.6. The van der Waals surface area contributed by atoms with Crippen molar-refractivity contribution >= 4 is 24.5 Å². The fourth-order valence-electron chi connectivity index (χ4n) is 4.38. The van der Waals surface area contributed by atoms with Gasteiger partial charge in [-0.05, 0) is 57.7 Å². The summed E-state index contributed by atoms with van der Waals surface area (Å²) in [5.74, 6) is -1.44. The van der Waals surface area contributed by atoms with Gasteiger partial charge >= 0.3 is 12.1 Å². The summed E-state index contributed by atoms with van der Waals surface area (Å²) in [5, 5.41) is 15.7. The highest BCUT2D eigenvalue weighted by Crippen LogP contribution is 2.31. The molecule has 7 nitrogen and oxygen atoms in total. The Balaban J connectivity index is 0.00000341. The molecule has 3 atom stereocenters. The standard InChI is InChI=1S/C22H32FN3O4.ClH/c1-22(2,3)30-21(29)25-16-8-10-26(11-9-16)17-12-18(19(20(27)28)24-13-17)14-4-6-15(23)7-5-14;/h4-7,16-19,24H,8-13H2,1-3H3,(H,25,29)(H,27,28);1H. The highest BCUT2D eigenvalue weighted by molar-refractivity contribution is 5.85. The lowest BCUT2D eigenvalue weighted by Crippen LogP contribution is -2.57. The molecule has 174 valence electrons. The van der Waals surface area contributed by atoms with E-state index in [1.54, 1.807) is 12.1 Å². The molecule has 0 aromatic heterocycles. The van der Waals surface area contributed by atoms with Crippen molar-refractivity contribution in [3.8, 4) is 0 Å². The second-order valence-corrected chi connectivity index (χ2v) is 9.23. The Kier molecular flexibility index (Phi) is 8.68. The molecule has 1 aromatic carbocycles. The maximum Gasteiger partial charge on any atom is 0.407 e. The fraction of sp³-hybridized carbons (Fsp3) is 0.636. The largest absolute Gasteiger partial charge is 0.480 e. The Bertz CT molecular complexity index is 748. The summed E-state index contributed by atoms with van der Waals surface area (Å²) in [6, 6.07) is 5.70. The van der Waals surface area contributed by atoms with Gasteiger partial charge in [0, 0.05) is 37.6 Å². The highest BCUT2D eigenvalue weighted by atomic mass is 35.5. The van der Waals surface area contributed by atoms with Crippen LogP contribution in [0.15, 0.2) is 24.3 Å². The quantitative estimate of drug-likeness (QED) is 0.643. The third kappa shape index (κ3) is 7.05. The number of nitrogens with one attached hydrogen (secondary N) is 2. The molecule has 2 heterocycles. The first kappa shape index (κ1) is 25.4. The molecule has 1 amide bonds. The maximum atomic E-state index is 13.3. The van der Waals surface area contributed by atoms with Crippen molar-refractivity contribution in [2.75, 3.05) is 19.6 Å². The van der Waals surface area contributed by atoms with E-state index in [0.717, 1.165) is 31.5 Å². The lowest BCUT2D eigenvalue weighted by Gasteiger charge is -2.43. The number of hydrogen-bond donors (Lipinski definition) is 3. The number of halogens is 2. The van der Waals surface area contributed by atoms with Crippen molar-refractivity contribution in [2.24, 2.45) is 0 Å². The number of alkyl carbamates (subject to hydrolysis) is 1. The van der Waals surface area contributed by atoms with Gasteiger partial charge in [-0.1, -0.05) is 12.1 Å². The lowest BCUT2D eigenvalue weighted by atomic mass is 9.82. The van der Waals surface area contributed by atoms with Crippen molar-refractivity contribution in [1.82, 2.24) is 15.5 Å². The van der Waals surface area contributed by atoms with E-state index < -0.39 is 17.6 Å². The second kappa shape index (κ2) is 10.6. The zero-order valence-corrected chi connectivity index (χ0v) is 19.1. The van der Waals surface area contributed by atoms with E-state index in [-0.39, 0.29) is 42.3 Å². The van der Waals surface area contributed by atoms with Gasteiger partial charge in [-0.2, -0.15) is 0 Å². The van der Waals surface area contributed by atoms with Crippen molar-refractivity contribution in [2.45, 2.75) is 69.7 Å². The minimum Gasteiger partial charge on any atom is -0.480 e. The SMILES string of the molecule is CC(C)(C)OC(=O)NC1CCN(C2CNC(C(=O)O)C(c3ccc(F)cc3)C2)CC1.Cl. The van der Waals surface area contributed by atoms with Crippen LogP contribution in [0.25, 0.3) is 0 Å². The van der Waals surface area contributed by atoms with Gasteiger partial charge in [-0.25, -0.2) is 9.18 Å². The number of amides is 1. The Hall–Kier alpha value is -1.90. The Morgan fingerprint density at radius 1 is 1.19 bits per heavy atom. The molecule has 2 aliphatic heterocycles. The number of hydrogen-bond acceptors (Lipinski definition) is 5. The molecule has 0 bridgehead atoms. The highest BCUT2D eigenvalue weighted by Gasteiger charge is 2.38. The van der Waals surface area contributed by atoms with E-state index in [4.69, 9.17) is 4.74 Å². The van der Waals surface area contributed by atoms with E-state index in [0.29, 0.717) is 13.0 Å². The number of carboxylic acid groups (broad SMARTS) is 1. The molecular weight excluding hydrogens is 425 g/mol. The van der Waals surface area contributed by atoms with Crippen LogP contribution in [0, 0.1) is 5.82 Å². The van der Waals surface area contributed by atoms with Gasteiger partial charge in [0.2, 0.25) is 0 Å². The number of benzene rings is 1. The fourth-order valence-corrected chi connectivity index (χ4v) is 4.38. The molecule has 0 spiro atoms. The van der Waals surface area contributed by atoms with Crippen molar-refractivity contribution in [1.29, 1.82) is 0 Å². The minimum atomic E-state index is -0.886. The zero-order chi connectivity index (χ0) is 21.9. The van der Waals surface area contributed by atoms with Crippen LogP contribution in [0.4, 0.5) is 9.18 Å². The number of carbonyl (C=O) groups excluding carboxylic acids is 1. The molecule has 0 radical (unpaired) electrons. The molecule has 2 fully saturated rings. The average Bonchev–Trinajstić information content (AvgIpc) is 2.67. The van der Waals surface area contributed by atoms with Gasteiger partial charge in [0.25, 0.3) is 0 Å². The van der Waals surface area contributed by atoms with Crippen LogP contribution in [0.1, 0.15) is 51.5 Å². The number of ether oxygens (including phenoxy) is 1. The number of nitrogens with zero attached hydrogens (tertiary/aromatic N) is 1. The van der Waals surface area contributed by atoms with Crippen molar-refractivity contribution < 1.29 is 23.8 Å². The monoisotopic (exact) mass is 457 g/mol. The Morgan fingerprint density at radius 3 is 2.35 bits per heavy atom. The molecular formula is C22H33ClFN3O4. The predicted octanol–water partition coefficient (Wildman–Crippen LogP) is 3.14. The summed E-state index contributed by atoms with van der Waals surface area (Å²) in [7, 11) is 0. The van der Waals surface area contributed by atoms with Crippen LogP contribution in [0.2, 0.25) is 0 Å². The molecule has 2 saturated heterocycles. The number of aliphatic carboxylic acids is 1. The third-order valence-corrected chi connectivity index (χ3v) is 5.83. The van der Waals surface area contributed by atoms with Crippen LogP contribution >= 0.6 is 12.4 Å². The number of piperidine rings is 2. The number of likely N-dealkylation sites (tertiary alicyclic amines) is 1. The lowest BCUT2D eigenvalue weighted by molar-refractivity contribution is -0.141. The van der Waals surface area contributed by atoms with Crippen LogP contribution in [0.3, 0.4) is 0 Å². The third-order valence-electron chi connectivity index (χ3n) is 5.83. The normalized spacial score (nSPS) is 25.4. The van der Waals surface area contributed by atoms with Gasteiger partial charge in [-0.3, -0.25) is 9.69 Å². The van der Waals surface area contributed by atoms with Crippen LogP contribution in [-0.4, -0.2) is 65.4 Å². The minimum absolute atomic E-state index is 0. The summed E-state index contributed by atoms with van der Waals surface area (Å²) in [5.41, 5.74) is 0.316. The van der Waals surface area contributed by atoms with Gasteiger partial charge in [-0.15, -0.1) is 12.4 Å². The molecule has 3 N–H and O–H groups in total. The van der Waals surface area contributed by atoms with E-state index in [9.17, 15) is 19.1 Å². The zero-order valence-electron chi connectivity index (χ0n) is 18.3. The molecule has 31 heavy (non-hydrogen) atoms. The Morgan fingerprint density at radius 2 is 1.81 bits per heavy atom. The van der Waals surface area contributed by atoms with Gasteiger partial charge in [0.15, 0.2) is 0 Å². The average molecular weight is 458 g/mol. The van der Waals surface area contributed by atoms with Crippen molar-refractivity contribution in [3.05, 3.63) is 35.6 Å². The maximum absolute atomic E-state index is 13.3. The topological polar surface area (TPSA) is 90.9 Å². The first-order valence-corrected chi connectivity index (χ1v) is 10.6. The van der Waals surface area contributed by atoms with E-state index in [1.165, 1.54) is 12.1 Å². The number of carboxylic acids is 1. The van der Waals surface area contributed by atoms with Crippen LogP contribution in [0.5, 0.6) is 0 Å². The molecule has 9 heteroatoms. The van der Waals surface area contributed by atoms with E-state index in [2.05, 4.69) is 15.5 Å². The molecule has 1 aromatic rings.